The van der Waals surface area contributed by atoms with E-state index < -0.39 is 0 Å². The summed E-state index contributed by atoms with van der Waals surface area (Å²) in [5, 5.41) is 4.11. The Bertz CT molecular complexity index is 361. The van der Waals surface area contributed by atoms with Crippen molar-refractivity contribution < 1.29 is 4.74 Å². The number of halogens is 1. The smallest absolute Gasteiger partial charge is 0.122 e. The van der Waals surface area contributed by atoms with Crippen LogP contribution in [0, 0.1) is 0 Å². The van der Waals surface area contributed by atoms with Gasteiger partial charge in [-0.15, -0.1) is 0 Å². The van der Waals surface area contributed by atoms with E-state index in [0.29, 0.717) is 18.0 Å². The molecule has 0 radical (unpaired) electrons. The van der Waals surface area contributed by atoms with E-state index in [2.05, 4.69) is 10.0 Å². The summed E-state index contributed by atoms with van der Waals surface area (Å²) in [5.74, 6) is 0.766. The zero-order valence-corrected chi connectivity index (χ0v) is 8.53. The van der Waals surface area contributed by atoms with Crippen molar-refractivity contribution in [3.63, 3.8) is 0 Å². The van der Waals surface area contributed by atoms with Crippen LogP contribution in [-0.4, -0.2) is 13.7 Å². The number of hydrogen-bond acceptors (Lipinski definition) is 2. The lowest BCUT2D eigenvalue weighted by atomic mass is 10.1. The van der Waals surface area contributed by atoms with Gasteiger partial charge < -0.3 is 4.74 Å². The molecule has 5 heteroatoms. The molecule has 74 valence electrons. The molecule has 0 N–H and O–H groups in total. The molecule has 0 spiro atoms. The summed E-state index contributed by atoms with van der Waals surface area (Å²) in [7, 11) is 1.60. The highest BCUT2D eigenvalue weighted by Crippen LogP contribution is 2.22. The Kier molecular flexibility index (Phi) is 4.11. The molecule has 0 heterocycles. The average Bonchev–Trinajstić information content (AvgIpc) is 2.19. The van der Waals surface area contributed by atoms with E-state index in [9.17, 15) is 0 Å². The number of methoxy groups -OCH3 is 1. The molecule has 14 heavy (non-hydrogen) atoms. The van der Waals surface area contributed by atoms with Crippen LogP contribution in [0.3, 0.4) is 0 Å². The zero-order valence-electron chi connectivity index (χ0n) is 7.77. The fourth-order valence-electron chi connectivity index (χ4n) is 1.16. The van der Waals surface area contributed by atoms with Gasteiger partial charge in [0.05, 0.1) is 7.11 Å². The summed E-state index contributed by atoms with van der Waals surface area (Å²) in [6.07, 6.45) is 0.633. The molecule has 0 aliphatic carbocycles. The third-order valence-corrected chi connectivity index (χ3v) is 2.02. The molecule has 0 aliphatic rings. The molecule has 0 atom stereocenters. The molecule has 0 unspecified atom stereocenters. The minimum absolute atomic E-state index is 0.410. The van der Waals surface area contributed by atoms with Crippen molar-refractivity contribution in [2.24, 2.45) is 5.11 Å². The number of azide groups is 1. The Balaban J connectivity index is 2.81. The first-order valence-corrected chi connectivity index (χ1v) is 4.49. The number of rotatable bonds is 4. The predicted octanol–water partition coefficient (Wildman–Crippen LogP) is 3.20. The topological polar surface area (TPSA) is 58.0 Å². The lowest BCUT2D eigenvalue weighted by molar-refractivity contribution is 0.410. The summed E-state index contributed by atoms with van der Waals surface area (Å²) in [4.78, 5) is 2.68. The second-order valence-electron chi connectivity index (χ2n) is 2.66. The monoisotopic (exact) mass is 211 g/mol. The van der Waals surface area contributed by atoms with Crippen LogP contribution in [0.1, 0.15) is 5.56 Å². The maximum atomic E-state index is 8.13. The molecule has 0 aliphatic heterocycles. The fraction of sp³-hybridized carbons (Fsp3) is 0.333. The first-order valence-electron chi connectivity index (χ1n) is 4.11. The van der Waals surface area contributed by atoms with Crippen molar-refractivity contribution in [1.82, 2.24) is 0 Å². The van der Waals surface area contributed by atoms with Gasteiger partial charge in [-0.05, 0) is 35.7 Å². The van der Waals surface area contributed by atoms with Crippen LogP contribution in [0.2, 0.25) is 5.02 Å². The molecule has 0 saturated carbocycles. The van der Waals surface area contributed by atoms with Crippen molar-refractivity contribution >= 4 is 11.6 Å². The molecular formula is C9H10ClN3O. The van der Waals surface area contributed by atoms with E-state index in [1.54, 1.807) is 19.2 Å². The third-order valence-electron chi connectivity index (χ3n) is 1.79. The van der Waals surface area contributed by atoms with Crippen molar-refractivity contribution in [2.75, 3.05) is 13.7 Å². The van der Waals surface area contributed by atoms with Gasteiger partial charge in [0.2, 0.25) is 0 Å². The molecular weight excluding hydrogens is 202 g/mol. The van der Waals surface area contributed by atoms with Gasteiger partial charge in [0.15, 0.2) is 0 Å². The van der Waals surface area contributed by atoms with Crippen LogP contribution >= 0.6 is 11.6 Å². The Morgan fingerprint density at radius 2 is 2.36 bits per heavy atom. The first kappa shape index (κ1) is 10.7. The van der Waals surface area contributed by atoms with Gasteiger partial charge in [0.25, 0.3) is 0 Å². The Hall–Kier alpha value is -1.38. The van der Waals surface area contributed by atoms with E-state index in [-0.39, 0.29) is 0 Å². The molecule has 0 aromatic heterocycles. The maximum Gasteiger partial charge on any atom is 0.122 e. The van der Waals surface area contributed by atoms with E-state index >= 15 is 0 Å². The number of ether oxygens (including phenoxy) is 1. The van der Waals surface area contributed by atoms with E-state index in [0.717, 1.165) is 11.3 Å². The van der Waals surface area contributed by atoms with Crippen LogP contribution in [0.25, 0.3) is 10.4 Å². The van der Waals surface area contributed by atoms with Gasteiger partial charge in [-0.2, -0.15) is 0 Å². The van der Waals surface area contributed by atoms with E-state index in [1.165, 1.54) is 0 Å². The molecule has 1 aromatic rings. The summed E-state index contributed by atoms with van der Waals surface area (Å²) in [6, 6.07) is 5.37. The van der Waals surface area contributed by atoms with Gasteiger partial charge in [-0.25, -0.2) is 0 Å². The second-order valence-corrected chi connectivity index (χ2v) is 3.10. The number of hydrogen-bond donors (Lipinski definition) is 0. The van der Waals surface area contributed by atoms with Crippen molar-refractivity contribution in [3.05, 3.63) is 39.2 Å². The molecule has 0 amide bonds. The van der Waals surface area contributed by atoms with Crippen molar-refractivity contribution in [2.45, 2.75) is 6.42 Å². The van der Waals surface area contributed by atoms with Gasteiger partial charge in [0, 0.05) is 16.5 Å². The summed E-state index contributed by atoms with van der Waals surface area (Å²) < 4.78 is 5.14. The predicted molar refractivity (Wildman–Crippen MR) is 55.7 cm³/mol. The summed E-state index contributed by atoms with van der Waals surface area (Å²) >= 11 is 5.83. The minimum Gasteiger partial charge on any atom is -0.496 e. The Labute approximate surface area is 87.1 Å². The SMILES string of the molecule is COc1ccc(Cl)cc1CCN=[N+]=[N-]. The standard InChI is InChI=1S/C9H10ClN3O/c1-14-9-3-2-8(10)6-7(9)4-5-12-13-11/h2-3,6H,4-5H2,1H3. The Morgan fingerprint density at radius 1 is 1.57 bits per heavy atom. The highest BCUT2D eigenvalue weighted by molar-refractivity contribution is 6.30. The van der Waals surface area contributed by atoms with Crippen LogP contribution in [-0.2, 0) is 6.42 Å². The van der Waals surface area contributed by atoms with E-state index in [4.69, 9.17) is 21.9 Å². The highest BCUT2D eigenvalue weighted by atomic mass is 35.5. The fourth-order valence-corrected chi connectivity index (χ4v) is 1.35. The molecule has 4 nitrogen and oxygen atoms in total. The van der Waals surface area contributed by atoms with Gasteiger partial charge in [-0.1, -0.05) is 16.7 Å². The van der Waals surface area contributed by atoms with Crippen LogP contribution in [0.5, 0.6) is 5.75 Å². The average molecular weight is 212 g/mol. The zero-order chi connectivity index (χ0) is 10.4. The summed E-state index contributed by atoms with van der Waals surface area (Å²) in [6.45, 7) is 0.410. The number of benzene rings is 1. The molecule has 1 rings (SSSR count). The first-order chi connectivity index (χ1) is 6.77. The van der Waals surface area contributed by atoms with Crippen LogP contribution in [0.15, 0.2) is 23.3 Å². The van der Waals surface area contributed by atoms with E-state index in [1.807, 2.05) is 6.07 Å². The second kappa shape index (κ2) is 5.37. The lowest BCUT2D eigenvalue weighted by Gasteiger charge is -2.06. The maximum absolute atomic E-state index is 8.13. The van der Waals surface area contributed by atoms with Crippen molar-refractivity contribution in [3.8, 4) is 5.75 Å². The molecule has 1 aromatic carbocycles. The minimum atomic E-state index is 0.410. The Morgan fingerprint density at radius 3 is 3.00 bits per heavy atom. The molecule has 0 fully saturated rings. The quantitative estimate of drug-likeness (QED) is 0.429. The molecule has 0 saturated heterocycles. The van der Waals surface area contributed by atoms with Crippen molar-refractivity contribution in [1.29, 1.82) is 0 Å². The van der Waals surface area contributed by atoms with Gasteiger partial charge >= 0.3 is 0 Å². The van der Waals surface area contributed by atoms with Crippen LogP contribution < -0.4 is 4.74 Å². The third kappa shape index (κ3) is 2.83. The highest BCUT2D eigenvalue weighted by Gasteiger charge is 2.02. The van der Waals surface area contributed by atoms with Crippen LogP contribution in [0.4, 0.5) is 0 Å². The number of nitrogens with zero attached hydrogens (tertiary/aromatic N) is 3. The summed E-state index contributed by atoms with van der Waals surface area (Å²) in [5.41, 5.74) is 9.08. The largest absolute Gasteiger partial charge is 0.496 e. The van der Waals surface area contributed by atoms with Gasteiger partial charge in [0.1, 0.15) is 5.75 Å². The lowest BCUT2D eigenvalue weighted by Crippen LogP contribution is -1.94. The van der Waals surface area contributed by atoms with Gasteiger partial charge in [-0.3, -0.25) is 0 Å². The molecule has 0 bridgehead atoms. The normalized spacial score (nSPS) is 9.29.